The van der Waals surface area contributed by atoms with Crippen LogP contribution in [0.15, 0.2) is 12.3 Å². The number of rotatable bonds is 5. The summed E-state index contributed by atoms with van der Waals surface area (Å²) in [7, 11) is 0. The van der Waals surface area contributed by atoms with E-state index in [0.717, 1.165) is 11.5 Å². The van der Waals surface area contributed by atoms with Crippen molar-refractivity contribution in [1.29, 1.82) is 0 Å². The Balaban J connectivity index is 2.28. The zero-order chi connectivity index (χ0) is 9.52. The summed E-state index contributed by atoms with van der Waals surface area (Å²) in [6.45, 7) is 2.96. The number of alkyl halides is 1. The van der Waals surface area contributed by atoms with Gasteiger partial charge in [0.15, 0.2) is 0 Å². The molecule has 0 fully saturated rings. The topological polar surface area (TPSA) is 37.8 Å². The van der Waals surface area contributed by atoms with Gasteiger partial charge in [0, 0.05) is 12.7 Å². The third-order valence-electron chi connectivity index (χ3n) is 1.63. The van der Waals surface area contributed by atoms with Gasteiger partial charge in [-0.1, -0.05) is 0 Å². The second-order valence-corrected chi connectivity index (χ2v) is 2.81. The van der Waals surface area contributed by atoms with Crippen LogP contribution in [0.25, 0.3) is 0 Å². The molecule has 13 heavy (non-hydrogen) atoms. The van der Waals surface area contributed by atoms with E-state index >= 15 is 0 Å². The van der Waals surface area contributed by atoms with Crippen molar-refractivity contribution in [3.8, 4) is 0 Å². The summed E-state index contributed by atoms with van der Waals surface area (Å²) in [5.41, 5.74) is 0.950. The van der Waals surface area contributed by atoms with Crippen molar-refractivity contribution in [3.63, 3.8) is 0 Å². The molecule has 4 heteroatoms. The largest absolute Gasteiger partial charge is 0.311 e. The van der Waals surface area contributed by atoms with E-state index in [0.29, 0.717) is 19.5 Å². The number of hydrogen-bond acceptors (Lipinski definition) is 3. The van der Waals surface area contributed by atoms with E-state index in [-0.39, 0.29) is 6.67 Å². The number of halogens is 1. The monoisotopic (exact) mass is 183 g/mol. The number of nitrogens with one attached hydrogen (secondary N) is 1. The van der Waals surface area contributed by atoms with Crippen LogP contribution >= 0.6 is 0 Å². The van der Waals surface area contributed by atoms with Gasteiger partial charge in [0.1, 0.15) is 5.82 Å². The van der Waals surface area contributed by atoms with Crippen LogP contribution in [0.5, 0.6) is 0 Å². The molecular formula is C9H14FN3. The molecule has 0 aromatic carbocycles. The minimum absolute atomic E-state index is 0.268. The average molecular weight is 183 g/mol. The molecule has 3 nitrogen and oxygen atoms in total. The number of hydrogen-bond donors (Lipinski definition) is 1. The van der Waals surface area contributed by atoms with Gasteiger partial charge in [0.25, 0.3) is 0 Å². The normalized spacial score (nSPS) is 10.3. The number of nitrogens with zero attached hydrogens (tertiary/aromatic N) is 2. The Labute approximate surface area is 77.4 Å². The van der Waals surface area contributed by atoms with E-state index in [4.69, 9.17) is 0 Å². The van der Waals surface area contributed by atoms with Crippen molar-refractivity contribution in [2.45, 2.75) is 19.9 Å². The van der Waals surface area contributed by atoms with Crippen LogP contribution in [0.3, 0.4) is 0 Å². The predicted octanol–water partition coefficient (Wildman–Crippen LogP) is 1.23. The van der Waals surface area contributed by atoms with Crippen LogP contribution < -0.4 is 5.32 Å². The highest BCUT2D eigenvalue weighted by molar-refractivity contribution is 5.00. The summed E-state index contributed by atoms with van der Waals surface area (Å²) in [6.07, 6.45) is 2.29. The van der Waals surface area contributed by atoms with Gasteiger partial charge in [-0.15, -0.1) is 0 Å². The zero-order valence-electron chi connectivity index (χ0n) is 7.76. The summed E-state index contributed by atoms with van der Waals surface area (Å²) < 4.78 is 11.7. The molecular weight excluding hydrogens is 169 g/mol. The zero-order valence-corrected chi connectivity index (χ0v) is 7.76. The second-order valence-electron chi connectivity index (χ2n) is 2.81. The molecule has 1 heterocycles. The van der Waals surface area contributed by atoms with Gasteiger partial charge in [-0.05, 0) is 26.0 Å². The highest BCUT2D eigenvalue weighted by atomic mass is 19.1. The standard InChI is InChI=1S/C9H14FN3/c1-8-12-6-3-9(13-8)7-11-5-2-4-10/h3,6,11H,2,4-5,7H2,1H3. The van der Waals surface area contributed by atoms with E-state index in [1.807, 2.05) is 13.0 Å². The van der Waals surface area contributed by atoms with Crippen LogP contribution in [-0.2, 0) is 6.54 Å². The van der Waals surface area contributed by atoms with Crippen molar-refractivity contribution < 1.29 is 4.39 Å². The van der Waals surface area contributed by atoms with E-state index in [9.17, 15) is 4.39 Å². The molecule has 0 atom stereocenters. The van der Waals surface area contributed by atoms with E-state index in [1.54, 1.807) is 6.20 Å². The third-order valence-corrected chi connectivity index (χ3v) is 1.63. The molecule has 0 aliphatic carbocycles. The Bertz CT molecular complexity index is 252. The molecule has 0 spiro atoms. The van der Waals surface area contributed by atoms with Crippen molar-refractivity contribution in [2.24, 2.45) is 0 Å². The van der Waals surface area contributed by atoms with Gasteiger partial charge in [-0.3, -0.25) is 4.39 Å². The molecule has 0 amide bonds. The lowest BCUT2D eigenvalue weighted by Crippen LogP contribution is -2.16. The lowest BCUT2D eigenvalue weighted by Gasteiger charge is -2.02. The minimum atomic E-state index is -0.268. The number of aromatic nitrogens is 2. The molecule has 1 aromatic heterocycles. The summed E-state index contributed by atoms with van der Waals surface area (Å²) in [5, 5.41) is 3.10. The second kappa shape index (κ2) is 5.59. The third kappa shape index (κ3) is 3.94. The van der Waals surface area contributed by atoms with Crippen LogP contribution in [-0.4, -0.2) is 23.2 Å². The highest BCUT2D eigenvalue weighted by Gasteiger charge is 1.94. The summed E-state index contributed by atoms with van der Waals surface area (Å²) in [6, 6.07) is 1.86. The lowest BCUT2D eigenvalue weighted by molar-refractivity contribution is 0.458. The molecule has 0 radical (unpaired) electrons. The molecule has 1 rings (SSSR count). The fraction of sp³-hybridized carbons (Fsp3) is 0.556. The molecule has 0 bridgehead atoms. The quantitative estimate of drug-likeness (QED) is 0.698. The van der Waals surface area contributed by atoms with Crippen molar-refractivity contribution in [1.82, 2.24) is 15.3 Å². The Morgan fingerprint density at radius 1 is 1.54 bits per heavy atom. The summed E-state index contributed by atoms with van der Waals surface area (Å²) >= 11 is 0. The van der Waals surface area contributed by atoms with Crippen LogP contribution in [0.2, 0.25) is 0 Å². The maximum absolute atomic E-state index is 11.7. The maximum Gasteiger partial charge on any atom is 0.125 e. The van der Waals surface area contributed by atoms with Crippen LogP contribution in [0.4, 0.5) is 4.39 Å². The van der Waals surface area contributed by atoms with Gasteiger partial charge < -0.3 is 5.32 Å². The van der Waals surface area contributed by atoms with Crippen molar-refractivity contribution in [2.75, 3.05) is 13.2 Å². The molecule has 0 aliphatic rings. The Hall–Kier alpha value is -1.03. The lowest BCUT2D eigenvalue weighted by atomic mass is 10.4. The summed E-state index contributed by atoms with van der Waals surface area (Å²) in [4.78, 5) is 8.19. The fourth-order valence-corrected chi connectivity index (χ4v) is 1.01. The SMILES string of the molecule is Cc1nccc(CNCCCF)n1. The average Bonchev–Trinajstić information content (AvgIpc) is 2.13. The Morgan fingerprint density at radius 3 is 3.08 bits per heavy atom. The molecule has 0 unspecified atom stereocenters. The fourth-order valence-electron chi connectivity index (χ4n) is 1.01. The first-order valence-corrected chi connectivity index (χ1v) is 4.38. The van der Waals surface area contributed by atoms with Gasteiger partial charge in [0.2, 0.25) is 0 Å². The van der Waals surface area contributed by atoms with Gasteiger partial charge in [-0.2, -0.15) is 0 Å². The molecule has 72 valence electrons. The van der Waals surface area contributed by atoms with Crippen molar-refractivity contribution >= 4 is 0 Å². The maximum atomic E-state index is 11.7. The Morgan fingerprint density at radius 2 is 2.38 bits per heavy atom. The molecule has 1 aromatic rings. The van der Waals surface area contributed by atoms with Gasteiger partial charge in [-0.25, -0.2) is 9.97 Å². The molecule has 1 N–H and O–H groups in total. The number of aryl methyl sites for hydroxylation is 1. The van der Waals surface area contributed by atoms with E-state index in [2.05, 4.69) is 15.3 Å². The molecule has 0 aliphatic heterocycles. The van der Waals surface area contributed by atoms with E-state index in [1.165, 1.54) is 0 Å². The first-order valence-electron chi connectivity index (χ1n) is 4.38. The minimum Gasteiger partial charge on any atom is -0.311 e. The molecule has 0 saturated heterocycles. The first-order chi connectivity index (χ1) is 6.33. The predicted molar refractivity (Wildman–Crippen MR) is 49.1 cm³/mol. The first kappa shape index (κ1) is 10.1. The van der Waals surface area contributed by atoms with Gasteiger partial charge >= 0.3 is 0 Å². The van der Waals surface area contributed by atoms with Crippen molar-refractivity contribution in [3.05, 3.63) is 23.8 Å². The Kier molecular flexibility index (Phi) is 4.32. The molecule has 0 saturated carbocycles. The van der Waals surface area contributed by atoms with E-state index < -0.39 is 0 Å². The van der Waals surface area contributed by atoms with Crippen LogP contribution in [0, 0.1) is 6.92 Å². The highest BCUT2D eigenvalue weighted by Crippen LogP contribution is 1.93. The summed E-state index contributed by atoms with van der Waals surface area (Å²) in [5.74, 6) is 0.768. The van der Waals surface area contributed by atoms with Gasteiger partial charge in [0.05, 0.1) is 12.4 Å². The van der Waals surface area contributed by atoms with Crippen LogP contribution in [0.1, 0.15) is 17.9 Å². The smallest absolute Gasteiger partial charge is 0.125 e.